The Hall–Kier alpha value is -2.77. The van der Waals surface area contributed by atoms with Crippen molar-refractivity contribution in [2.75, 3.05) is 36.4 Å². The average molecular weight is 319 g/mol. The molecule has 3 rings (SSSR count). The lowest BCUT2D eigenvalue weighted by atomic mass is 10.3. The van der Waals surface area contributed by atoms with Crippen LogP contribution in [0.25, 0.3) is 0 Å². The molecule has 2 aromatic rings. The molecule has 23 heavy (non-hydrogen) atoms. The summed E-state index contributed by atoms with van der Waals surface area (Å²) in [5.41, 5.74) is -0.425. The highest BCUT2D eigenvalue weighted by molar-refractivity contribution is 5.89. The van der Waals surface area contributed by atoms with Crippen LogP contribution in [-0.2, 0) is 0 Å². The highest BCUT2D eigenvalue weighted by Crippen LogP contribution is 2.19. The van der Waals surface area contributed by atoms with Gasteiger partial charge in [-0.2, -0.15) is 0 Å². The van der Waals surface area contributed by atoms with Gasteiger partial charge in [-0.15, -0.1) is 0 Å². The molecule has 0 saturated carbocycles. The minimum absolute atomic E-state index is 0.417. The van der Waals surface area contributed by atoms with Crippen molar-refractivity contribution < 1.29 is 13.6 Å². The minimum atomic E-state index is -0.797. The number of carbonyl (C=O) groups is 1. The number of hydrogen-bond donors (Lipinski definition) is 1. The van der Waals surface area contributed by atoms with Crippen LogP contribution in [-0.4, -0.2) is 47.1 Å². The number of amides is 2. The fourth-order valence-corrected chi connectivity index (χ4v) is 2.37. The summed E-state index contributed by atoms with van der Waals surface area (Å²) in [6.07, 6.45) is 3.31. The molecule has 2 heterocycles. The SMILES string of the molecule is O=C(Nc1c(F)cccc1F)N1CCN(c2ncccn2)CC1. The monoisotopic (exact) mass is 319 g/mol. The third-order valence-electron chi connectivity index (χ3n) is 3.60. The third-order valence-corrected chi connectivity index (χ3v) is 3.60. The molecule has 1 saturated heterocycles. The van der Waals surface area contributed by atoms with Gasteiger partial charge in [-0.25, -0.2) is 23.5 Å². The smallest absolute Gasteiger partial charge is 0.322 e. The van der Waals surface area contributed by atoms with Crippen LogP contribution in [0.15, 0.2) is 36.7 Å². The van der Waals surface area contributed by atoms with Gasteiger partial charge in [-0.3, -0.25) is 0 Å². The molecule has 0 unspecified atom stereocenters. The summed E-state index contributed by atoms with van der Waals surface area (Å²) in [5, 5.41) is 2.29. The van der Waals surface area contributed by atoms with E-state index >= 15 is 0 Å². The molecular weight excluding hydrogens is 304 g/mol. The normalized spacial score (nSPS) is 14.7. The lowest BCUT2D eigenvalue weighted by Crippen LogP contribution is -2.50. The van der Waals surface area contributed by atoms with Gasteiger partial charge in [0.05, 0.1) is 0 Å². The lowest BCUT2D eigenvalue weighted by Gasteiger charge is -2.34. The van der Waals surface area contributed by atoms with E-state index in [4.69, 9.17) is 0 Å². The largest absolute Gasteiger partial charge is 0.337 e. The van der Waals surface area contributed by atoms with Crippen LogP contribution < -0.4 is 10.2 Å². The molecule has 0 aliphatic carbocycles. The quantitative estimate of drug-likeness (QED) is 0.921. The third kappa shape index (κ3) is 3.36. The van der Waals surface area contributed by atoms with Crippen LogP contribution in [0.3, 0.4) is 0 Å². The number of piperazine rings is 1. The van der Waals surface area contributed by atoms with Gasteiger partial charge in [-0.05, 0) is 18.2 Å². The second kappa shape index (κ2) is 6.55. The standard InChI is InChI=1S/C15H15F2N5O/c16-11-3-1-4-12(17)13(11)20-15(23)22-9-7-21(8-10-22)14-18-5-2-6-19-14/h1-6H,7-10H2,(H,20,23). The van der Waals surface area contributed by atoms with Gasteiger partial charge in [0, 0.05) is 38.6 Å². The number of halogens is 2. The summed E-state index contributed by atoms with van der Waals surface area (Å²) in [6.45, 7) is 1.94. The van der Waals surface area contributed by atoms with Crippen molar-refractivity contribution in [2.45, 2.75) is 0 Å². The van der Waals surface area contributed by atoms with Gasteiger partial charge in [0.25, 0.3) is 0 Å². The second-order valence-corrected chi connectivity index (χ2v) is 5.05. The van der Waals surface area contributed by atoms with Gasteiger partial charge in [-0.1, -0.05) is 6.07 Å². The maximum absolute atomic E-state index is 13.6. The number of carbonyl (C=O) groups excluding carboxylic acids is 1. The molecule has 1 aromatic carbocycles. The molecule has 1 aromatic heterocycles. The van der Waals surface area contributed by atoms with E-state index in [2.05, 4.69) is 15.3 Å². The zero-order valence-electron chi connectivity index (χ0n) is 12.2. The van der Waals surface area contributed by atoms with Crippen molar-refractivity contribution >= 4 is 17.7 Å². The number of urea groups is 1. The highest BCUT2D eigenvalue weighted by Gasteiger charge is 2.23. The van der Waals surface area contributed by atoms with Crippen molar-refractivity contribution in [3.63, 3.8) is 0 Å². The van der Waals surface area contributed by atoms with E-state index in [-0.39, 0.29) is 0 Å². The van der Waals surface area contributed by atoms with Gasteiger partial charge in [0.1, 0.15) is 17.3 Å². The van der Waals surface area contributed by atoms with Crippen molar-refractivity contribution in [1.29, 1.82) is 0 Å². The highest BCUT2D eigenvalue weighted by atomic mass is 19.1. The first-order valence-electron chi connectivity index (χ1n) is 7.17. The first-order chi connectivity index (χ1) is 11.1. The summed E-state index contributed by atoms with van der Waals surface area (Å²) in [5.74, 6) is -0.989. The average Bonchev–Trinajstić information content (AvgIpc) is 2.59. The Bertz CT molecular complexity index is 669. The Morgan fingerprint density at radius 2 is 1.61 bits per heavy atom. The topological polar surface area (TPSA) is 61.4 Å². The number of aromatic nitrogens is 2. The van der Waals surface area contributed by atoms with Gasteiger partial charge < -0.3 is 15.1 Å². The van der Waals surface area contributed by atoms with Crippen LogP contribution in [0.1, 0.15) is 0 Å². The Morgan fingerprint density at radius 1 is 1.00 bits per heavy atom. The van der Waals surface area contributed by atoms with Crippen LogP contribution in [0.5, 0.6) is 0 Å². The van der Waals surface area contributed by atoms with Gasteiger partial charge >= 0.3 is 6.03 Å². The molecule has 0 bridgehead atoms. The Labute approximate surface area is 131 Å². The van der Waals surface area contributed by atoms with Crippen molar-refractivity contribution in [3.05, 3.63) is 48.3 Å². The Morgan fingerprint density at radius 3 is 2.22 bits per heavy atom. The first-order valence-corrected chi connectivity index (χ1v) is 7.17. The molecule has 120 valence electrons. The van der Waals surface area contributed by atoms with E-state index < -0.39 is 23.4 Å². The zero-order chi connectivity index (χ0) is 16.2. The van der Waals surface area contributed by atoms with E-state index in [1.165, 1.54) is 11.0 Å². The van der Waals surface area contributed by atoms with E-state index in [0.29, 0.717) is 32.1 Å². The van der Waals surface area contributed by atoms with Crippen LogP contribution >= 0.6 is 0 Å². The number of anilines is 2. The molecular formula is C15H15F2N5O. The van der Waals surface area contributed by atoms with Crippen molar-refractivity contribution in [1.82, 2.24) is 14.9 Å². The van der Waals surface area contributed by atoms with Crippen molar-refractivity contribution in [3.8, 4) is 0 Å². The van der Waals surface area contributed by atoms with E-state index in [0.717, 1.165) is 12.1 Å². The predicted molar refractivity (Wildman–Crippen MR) is 81.2 cm³/mol. The number of nitrogens with one attached hydrogen (secondary N) is 1. The minimum Gasteiger partial charge on any atom is -0.337 e. The molecule has 1 aliphatic heterocycles. The lowest BCUT2D eigenvalue weighted by molar-refractivity contribution is 0.207. The van der Waals surface area contributed by atoms with Gasteiger partial charge in [0.15, 0.2) is 0 Å². The Balaban J connectivity index is 1.60. The predicted octanol–water partition coefficient (Wildman–Crippen LogP) is 2.11. The van der Waals surface area contributed by atoms with E-state index in [9.17, 15) is 13.6 Å². The number of para-hydroxylation sites is 1. The van der Waals surface area contributed by atoms with Crippen LogP contribution in [0.2, 0.25) is 0 Å². The van der Waals surface area contributed by atoms with Crippen LogP contribution in [0, 0.1) is 11.6 Å². The summed E-state index contributed by atoms with van der Waals surface area (Å²) in [7, 11) is 0. The number of benzene rings is 1. The number of nitrogens with zero attached hydrogens (tertiary/aromatic N) is 4. The van der Waals surface area contributed by atoms with Gasteiger partial charge in [0.2, 0.25) is 5.95 Å². The fraction of sp³-hybridized carbons (Fsp3) is 0.267. The molecule has 1 fully saturated rings. The zero-order valence-corrected chi connectivity index (χ0v) is 12.2. The maximum Gasteiger partial charge on any atom is 0.322 e. The van der Waals surface area contributed by atoms with E-state index in [1.807, 2.05) is 4.90 Å². The maximum atomic E-state index is 13.6. The molecule has 1 aliphatic rings. The summed E-state index contributed by atoms with van der Waals surface area (Å²) in [4.78, 5) is 23.9. The first kappa shape index (κ1) is 15.1. The van der Waals surface area contributed by atoms with Crippen LogP contribution in [0.4, 0.5) is 25.2 Å². The molecule has 1 N–H and O–H groups in total. The molecule has 2 amide bonds. The van der Waals surface area contributed by atoms with E-state index in [1.54, 1.807) is 18.5 Å². The van der Waals surface area contributed by atoms with Crippen molar-refractivity contribution in [2.24, 2.45) is 0 Å². The molecule has 8 heteroatoms. The summed E-state index contributed by atoms with van der Waals surface area (Å²) < 4.78 is 27.1. The molecule has 6 nitrogen and oxygen atoms in total. The Kier molecular flexibility index (Phi) is 4.31. The molecule has 0 spiro atoms. The summed E-state index contributed by atoms with van der Waals surface area (Å²) >= 11 is 0. The molecule has 0 radical (unpaired) electrons. The summed E-state index contributed by atoms with van der Waals surface area (Å²) in [6, 6.07) is 4.66. The second-order valence-electron chi connectivity index (χ2n) is 5.05. The number of rotatable bonds is 2. The fourth-order valence-electron chi connectivity index (χ4n) is 2.37. The molecule has 0 atom stereocenters. The number of hydrogen-bond acceptors (Lipinski definition) is 4.